The van der Waals surface area contributed by atoms with Gasteiger partial charge < -0.3 is 25.4 Å². The average molecular weight is 540 g/mol. The molecule has 28 heavy (non-hydrogen) atoms. The quantitative estimate of drug-likeness (QED) is 0.205. The highest BCUT2D eigenvalue weighted by molar-refractivity contribution is 14.0. The summed E-state index contributed by atoms with van der Waals surface area (Å²) in [6, 6.07) is 7.34. The Morgan fingerprint density at radius 2 is 1.89 bits per heavy atom. The summed E-state index contributed by atoms with van der Waals surface area (Å²) < 4.78 is 10.6. The second-order valence-corrected chi connectivity index (χ2v) is 6.28. The number of hydrogen-bond acceptors (Lipinski definition) is 5. The average Bonchev–Trinajstić information content (AvgIpc) is 2.68. The number of aromatic nitrogens is 1. The summed E-state index contributed by atoms with van der Waals surface area (Å²) in [6.45, 7) is 1.80. The number of rotatable bonds is 8. The van der Waals surface area contributed by atoms with Crippen LogP contribution in [0.5, 0.6) is 11.5 Å². The van der Waals surface area contributed by atoms with Crippen molar-refractivity contribution in [1.82, 2.24) is 15.6 Å². The third-order valence-electron chi connectivity index (χ3n) is 3.68. The highest BCUT2D eigenvalue weighted by atomic mass is 127. The smallest absolute Gasteiger partial charge is 0.191 e. The molecule has 0 aliphatic rings. The van der Waals surface area contributed by atoms with Crippen molar-refractivity contribution in [2.24, 2.45) is 4.99 Å². The van der Waals surface area contributed by atoms with Gasteiger partial charge >= 0.3 is 0 Å². The van der Waals surface area contributed by atoms with Gasteiger partial charge in [0.1, 0.15) is 17.3 Å². The molecule has 2 rings (SSSR count). The number of methoxy groups -OCH3 is 2. The molecule has 154 valence electrons. The van der Waals surface area contributed by atoms with E-state index in [1.165, 1.54) is 0 Å². The van der Waals surface area contributed by atoms with Gasteiger partial charge in [0.05, 0.1) is 24.3 Å². The van der Waals surface area contributed by atoms with Crippen molar-refractivity contribution < 1.29 is 9.47 Å². The number of benzene rings is 1. The minimum Gasteiger partial charge on any atom is -0.497 e. The van der Waals surface area contributed by atoms with Gasteiger partial charge in [0.15, 0.2) is 5.96 Å². The van der Waals surface area contributed by atoms with E-state index in [4.69, 9.17) is 32.7 Å². The molecule has 1 aromatic heterocycles. The number of anilines is 1. The third-order valence-corrected chi connectivity index (χ3v) is 4.18. The van der Waals surface area contributed by atoms with Crippen molar-refractivity contribution in [2.75, 3.05) is 39.7 Å². The lowest BCUT2D eigenvalue weighted by molar-refractivity contribution is 0.390. The first kappa shape index (κ1) is 24.4. The van der Waals surface area contributed by atoms with Crippen molar-refractivity contribution >= 4 is 59.0 Å². The summed E-state index contributed by atoms with van der Waals surface area (Å²) in [6.07, 6.45) is 1.55. The van der Waals surface area contributed by atoms with Gasteiger partial charge in [-0.05, 0) is 18.2 Å². The van der Waals surface area contributed by atoms with Crippen LogP contribution in [0.15, 0.2) is 35.5 Å². The van der Waals surface area contributed by atoms with Crippen molar-refractivity contribution in [1.29, 1.82) is 0 Å². The van der Waals surface area contributed by atoms with Gasteiger partial charge in [-0.3, -0.25) is 4.99 Å². The molecule has 10 heteroatoms. The van der Waals surface area contributed by atoms with Crippen molar-refractivity contribution in [3.63, 3.8) is 0 Å². The molecule has 2 aromatic rings. The number of pyridine rings is 1. The van der Waals surface area contributed by atoms with Gasteiger partial charge in [0.2, 0.25) is 0 Å². The van der Waals surface area contributed by atoms with E-state index in [-0.39, 0.29) is 24.0 Å². The summed E-state index contributed by atoms with van der Waals surface area (Å²) in [5.74, 6) is 2.76. The molecule has 0 fully saturated rings. The predicted octanol–water partition coefficient (Wildman–Crippen LogP) is 3.80. The van der Waals surface area contributed by atoms with Crippen molar-refractivity contribution in [3.05, 3.63) is 46.1 Å². The Labute approximate surface area is 192 Å². The monoisotopic (exact) mass is 539 g/mol. The molecule has 1 heterocycles. The lowest BCUT2D eigenvalue weighted by Gasteiger charge is -2.15. The molecule has 0 bridgehead atoms. The Bertz CT molecular complexity index is 793. The van der Waals surface area contributed by atoms with Gasteiger partial charge in [-0.15, -0.1) is 24.0 Å². The van der Waals surface area contributed by atoms with E-state index in [0.717, 1.165) is 17.1 Å². The maximum atomic E-state index is 6.08. The second kappa shape index (κ2) is 12.7. The standard InChI is InChI=1S/C18H23Cl2N5O2.HI/c1-21-18(23-7-6-22-17-15(20)8-13(19)11-24-17)25-10-12-4-5-14(26-2)9-16(12)27-3;/h4-5,8-9,11H,6-7,10H2,1-3H3,(H,22,24)(H2,21,23,25);1H. The summed E-state index contributed by atoms with van der Waals surface area (Å²) >= 11 is 11.9. The molecule has 0 unspecified atom stereocenters. The predicted molar refractivity (Wildman–Crippen MR) is 126 cm³/mol. The van der Waals surface area contributed by atoms with E-state index >= 15 is 0 Å². The van der Waals surface area contributed by atoms with E-state index < -0.39 is 0 Å². The van der Waals surface area contributed by atoms with Crippen LogP contribution in [0.4, 0.5) is 5.82 Å². The number of nitrogens with one attached hydrogen (secondary N) is 3. The lowest BCUT2D eigenvalue weighted by Crippen LogP contribution is -2.39. The fourth-order valence-corrected chi connectivity index (χ4v) is 2.75. The van der Waals surface area contributed by atoms with Crippen LogP contribution >= 0.6 is 47.2 Å². The maximum absolute atomic E-state index is 6.08. The fraction of sp³-hybridized carbons (Fsp3) is 0.333. The topological polar surface area (TPSA) is 79.8 Å². The van der Waals surface area contributed by atoms with E-state index in [1.54, 1.807) is 33.5 Å². The van der Waals surface area contributed by atoms with Crippen LogP contribution in [-0.2, 0) is 6.54 Å². The highest BCUT2D eigenvalue weighted by Gasteiger charge is 2.06. The second-order valence-electron chi connectivity index (χ2n) is 5.44. The SMILES string of the molecule is CN=C(NCCNc1ncc(Cl)cc1Cl)NCc1ccc(OC)cc1OC.I. The summed E-state index contributed by atoms with van der Waals surface area (Å²) in [4.78, 5) is 8.36. The van der Waals surface area contributed by atoms with Crippen molar-refractivity contribution in [2.45, 2.75) is 6.54 Å². The third kappa shape index (κ3) is 7.40. The number of hydrogen-bond donors (Lipinski definition) is 3. The van der Waals surface area contributed by atoms with Gasteiger partial charge in [-0.1, -0.05) is 23.2 Å². The van der Waals surface area contributed by atoms with E-state index in [2.05, 4.69) is 25.9 Å². The van der Waals surface area contributed by atoms with Crippen LogP contribution < -0.4 is 25.4 Å². The molecule has 0 aliphatic carbocycles. The van der Waals surface area contributed by atoms with Crippen LogP contribution in [0.25, 0.3) is 0 Å². The van der Waals surface area contributed by atoms with Gasteiger partial charge in [-0.2, -0.15) is 0 Å². The molecule has 0 aliphatic heterocycles. The molecule has 0 amide bonds. The Morgan fingerprint density at radius 1 is 1.11 bits per heavy atom. The van der Waals surface area contributed by atoms with Gasteiger partial charge in [-0.25, -0.2) is 4.98 Å². The van der Waals surface area contributed by atoms with Crippen LogP contribution in [0.1, 0.15) is 5.56 Å². The molecule has 7 nitrogen and oxygen atoms in total. The summed E-state index contributed by atoms with van der Waals surface area (Å²) in [7, 11) is 4.97. The lowest BCUT2D eigenvalue weighted by atomic mass is 10.2. The largest absolute Gasteiger partial charge is 0.497 e. The first-order valence-corrected chi connectivity index (χ1v) is 9.03. The van der Waals surface area contributed by atoms with Gasteiger partial charge in [0, 0.05) is 44.5 Å². The Balaban J connectivity index is 0.00000392. The fourth-order valence-electron chi connectivity index (χ4n) is 2.30. The Hall–Kier alpha value is -1.65. The molecule has 0 atom stereocenters. The molecule has 0 saturated carbocycles. The molecule has 0 spiro atoms. The zero-order valence-electron chi connectivity index (χ0n) is 15.9. The van der Waals surface area contributed by atoms with Crippen molar-refractivity contribution in [3.8, 4) is 11.5 Å². The number of guanidine groups is 1. The number of ether oxygens (including phenoxy) is 2. The minimum atomic E-state index is 0. The van der Waals surface area contributed by atoms with Gasteiger partial charge in [0.25, 0.3) is 0 Å². The molecule has 0 saturated heterocycles. The molecular formula is C18H24Cl2IN5O2. The zero-order chi connectivity index (χ0) is 19.6. The number of aliphatic imine (C=N–C) groups is 1. The Kier molecular flexibility index (Phi) is 11.1. The normalized spacial score (nSPS) is 10.7. The van der Waals surface area contributed by atoms with E-state index in [9.17, 15) is 0 Å². The first-order chi connectivity index (χ1) is 13.1. The highest BCUT2D eigenvalue weighted by Crippen LogP contribution is 2.24. The van der Waals surface area contributed by atoms with E-state index in [0.29, 0.717) is 41.5 Å². The molecule has 0 radical (unpaired) electrons. The first-order valence-electron chi connectivity index (χ1n) is 8.27. The maximum Gasteiger partial charge on any atom is 0.191 e. The van der Waals surface area contributed by atoms with Crippen LogP contribution in [0.2, 0.25) is 10.0 Å². The Morgan fingerprint density at radius 3 is 2.54 bits per heavy atom. The molecule has 1 aromatic carbocycles. The number of halogens is 3. The number of nitrogens with zero attached hydrogens (tertiary/aromatic N) is 2. The molecule has 3 N–H and O–H groups in total. The van der Waals surface area contributed by atoms with Crippen LogP contribution in [0.3, 0.4) is 0 Å². The summed E-state index contributed by atoms with van der Waals surface area (Å²) in [5, 5.41) is 10.6. The molecular weight excluding hydrogens is 516 g/mol. The van der Waals surface area contributed by atoms with Crippen LogP contribution in [-0.4, -0.2) is 45.3 Å². The summed E-state index contributed by atoms with van der Waals surface area (Å²) in [5.41, 5.74) is 0.997. The van der Waals surface area contributed by atoms with Crippen LogP contribution in [0, 0.1) is 0 Å². The zero-order valence-corrected chi connectivity index (χ0v) is 19.7. The minimum absolute atomic E-state index is 0. The van der Waals surface area contributed by atoms with E-state index in [1.807, 2.05) is 18.2 Å².